The lowest BCUT2D eigenvalue weighted by Crippen LogP contribution is -1.84. The Bertz CT molecular complexity index is 741. The maximum Gasteiger partial charge on any atom is 0.119 e. The molecule has 0 saturated heterocycles. The first-order valence-corrected chi connectivity index (χ1v) is 5.64. The number of fused-ring (bicyclic) bond motifs is 3. The number of para-hydroxylation sites is 1. The Balaban J connectivity index is 2.63. The monoisotopic (exact) mass is 222 g/mol. The van der Waals surface area contributed by atoms with Crippen LogP contribution in [-0.2, 0) is 0 Å². The number of aromatic amines is 1. The fourth-order valence-electron chi connectivity index (χ4n) is 2.47. The van der Waals surface area contributed by atoms with Gasteiger partial charge in [-0.05, 0) is 30.7 Å². The number of rotatable bonds is 2. The highest BCUT2D eigenvalue weighted by atomic mass is 15.0. The molecule has 2 aromatic heterocycles. The molecule has 0 aliphatic heterocycles. The number of aromatic nitrogens is 2. The predicted octanol–water partition coefficient (Wildman–Crippen LogP) is 4.02. The number of H-pyrrole nitrogens is 1. The van der Waals surface area contributed by atoms with E-state index in [9.17, 15) is 0 Å². The molecule has 84 valence electrons. The zero-order valence-electron chi connectivity index (χ0n) is 9.83. The van der Waals surface area contributed by atoms with E-state index < -0.39 is 0 Å². The third-order valence-electron chi connectivity index (χ3n) is 3.30. The van der Waals surface area contributed by atoms with Gasteiger partial charge in [0.1, 0.15) is 5.65 Å². The van der Waals surface area contributed by atoms with E-state index in [4.69, 9.17) is 0 Å². The van der Waals surface area contributed by atoms with E-state index in [0.717, 1.165) is 17.0 Å². The highest BCUT2D eigenvalue weighted by Gasteiger charge is 2.13. The smallest absolute Gasteiger partial charge is 0.119 e. The van der Waals surface area contributed by atoms with Crippen LogP contribution in [-0.4, -0.2) is 9.38 Å². The number of hydrogen-bond donors (Lipinski definition) is 1. The molecule has 0 atom stereocenters. The molecule has 0 aliphatic rings. The maximum atomic E-state index is 3.89. The summed E-state index contributed by atoms with van der Waals surface area (Å²) in [6.07, 6.45) is 3.70. The first-order chi connectivity index (χ1) is 8.27. The van der Waals surface area contributed by atoms with Crippen molar-refractivity contribution in [3.8, 4) is 0 Å². The number of imidazole rings is 1. The minimum atomic E-state index is 1.02. The maximum absolute atomic E-state index is 3.89. The summed E-state index contributed by atoms with van der Waals surface area (Å²) < 4.78 is 2.20. The van der Waals surface area contributed by atoms with Gasteiger partial charge in [-0.15, -0.1) is 0 Å². The summed E-state index contributed by atoms with van der Waals surface area (Å²) >= 11 is 0. The average Bonchev–Trinajstić information content (AvgIpc) is 2.87. The van der Waals surface area contributed by atoms with E-state index in [-0.39, 0.29) is 0 Å². The second-order valence-corrected chi connectivity index (χ2v) is 4.16. The molecule has 0 saturated carbocycles. The van der Waals surface area contributed by atoms with Crippen molar-refractivity contribution < 1.29 is 0 Å². The number of hydrogen-bond acceptors (Lipinski definition) is 0. The standard InChI is InChI=1S/C15H14N2/c1-4-12-13(5-2)17-14-9-7-6-8-11(14)10(3)15(17)16-12/h4-9,16H,1-2H2,3H3. The van der Waals surface area contributed by atoms with E-state index in [2.05, 4.69) is 53.7 Å². The van der Waals surface area contributed by atoms with E-state index in [1.807, 2.05) is 12.2 Å². The Kier molecular flexibility index (Phi) is 1.99. The Morgan fingerprint density at radius 3 is 2.65 bits per heavy atom. The molecule has 2 heteroatoms. The molecule has 0 radical (unpaired) electrons. The minimum Gasteiger partial charge on any atom is -0.339 e. The van der Waals surface area contributed by atoms with Crippen LogP contribution in [0, 0.1) is 6.92 Å². The lowest BCUT2D eigenvalue weighted by Gasteiger charge is -1.96. The van der Waals surface area contributed by atoms with Crippen LogP contribution in [0.5, 0.6) is 0 Å². The van der Waals surface area contributed by atoms with Crippen molar-refractivity contribution in [3.63, 3.8) is 0 Å². The molecule has 1 aromatic carbocycles. The summed E-state index contributed by atoms with van der Waals surface area (Å²) in [5.74, 6) is 0. The van der Waals surface area contributed by atoms with E-state index in [1.165, 1.54) is 16.5 Å². The third-order valence-corrected chi connectivity index (χ3v) is 3.30. The van der Waals surface area contributed by atoms with Gasteiger partial charge >= 0.3 is 0 Å². The number of nitrogens with one attached hydrogen (secondary N) is 1. The van der Waals surface area contributed by atoms with Crippen molar-refractivity contribution in [2.24, 2.45) is 0 Å². The molecule has 0 bridgehead atoms. The topological polar surface area (TPSA) is 20.2 Å². The van der Waals surface area contributed by atoms with Crippen LogP contribution in [0.15, 0.2) is 37.4 Å². The molecular weight excluding hydrogens is 208 g/mol. The quantitative estimate of drug-likeness (QED) is 0.676. The van der Waals surface area contributed by atoms with E-state index in [0.29, 0.717) is 0 Å². The summed E-state index contributed by atoms with van der Waals surface area (Å²) in [4.78, 5) is 3.40. The molecule has 2 nitrogen and oxygen atoms in total. The van der Waals surface area contributed by atoms with Gasteiger partial charge in [-0.25, -0.2) is 0 Å². The Morgan fingerprint density at radius 1 is 1.18 bits per heavy atom. The van der Waals surface area contributed by atoms with Gasteiger partial charge in [0, 0.05) is 5.39 Å². The highest BCUT2D eigenvalue weighted by molar-refractivity contribution is 5.92. The zero-order chi connectivity index (χ0) is 12.0. The average molecular weight is 222 g/mol. The zero-order valence-corrected chi connectivity index (χ0v) is 9.83. The summed E-state index contributed by atoms with van der Waals surface area (Å²) in [5.41, 5.74) is 5.68. The molecule has 3 aromatic rings. The Morgan fingerprint density at radius 2 is 1.94 bits per heavy atom. The fourth-order valence-corrected chi connectivity index (χ4v) is 2.47. The Labute approximate surface area is 99.9 Å². The van der Waals surface area contributed by atoms with E-state index >= 15 is 0 Å². The van der Waals surface area contributed by atoms with Crippen molar-refractivity contribution in [1.29, 1.82) is 0 Å². The van der Waals surface area contributed by atoms with Crippen molar-refractivity contribution in [2.45, 2.75) is 6.92 Å². The molecule has 0 fully saturated rings. The van der Waals surface area contributed by atoms with Crippen molar-refractivity contribution >= 4 is 28.7 Å². The van der Waals surface area contributed by atoms with Gasteiger partial charge in [-0.2, -0.15) is 0 Å². The summed E-state index contributed by atoms with van der Waals surface area (Å²) in [5, 5.41) is 1.28. The molecule has 0 aliphatic carbocycles. The normalized spacial score (nSPS) is 11.1. The number of benzene rings is 1. The van der Waals surface area contributed by atoms with Crippen molar-refractivity contribution in [1.82, 2.24) is 9.38 Å². The van der Waals surface area contributed by atoms with Gasteiger partial charge in [0.25, 0.3) is 0 Å². The second kappa shape index (κ2) is 3.39. The van der Waals surface area contributed by atoms with Gasteiger partial charge in [-0.3, -0.25) is 4.40 Å². The van der Waals surface area contributed by atoms with Gasteiger partial charge in [-0.1, -0.05) is 31.4 Å². The SMILES string of the molecule is C=Cc1[nH]c2c(C)c3ccccc3n2c1C=C. The number of aryl methyl sites for hydroxylation is 1. The van der Waals surface area contributed by atoms with Crippen LogP contribution in [0.25, 0.3) is 28.7 Å². The molecule has 3 rings (SSSR count). The predicted molar refractivity (Wildman–Crippen MR) is 74.2 cm³/mol. The van der Waals surface area contributed by atoms with Crippen LogP contribution in [0.2, 0.25) is 0 Å². The highest BCUT2D eigenvalue weighted by Crippen LogP contribution is 2.29. The summed E-state index contributed by atoms with van der Waals surface area (Å²) in [6.45, 7) is 9.85. The summed E-state index contributed by atoms with van der Waals surface area (Å²) in [7, 11) is 0. The van der Waals surface area contributed by atoms with Crippen LogP contribution in [0.3, 0.4) is 0 Å². The largest absolute Gasteiger partial charge is 0.339 e. The van der Waals surface area contributed by atoms with E-state index in [1.54, 1.807) is 0 Å². The first-order valence-electron chi connectivity index (χ1n) is 5.64. The fraction of sp³-hybridized carbons (Fsp3) is 0.0667. The Hall–Kier alpha value is -2.22. The molecule has 1 N–H and O–H groups in total. The van der Waals surface area contributed by atoms with Crippen LogP contribution >= 0.6 is 0 Å². The van der Waals surface area contributed by atoms with Crippen LogP contribution in [0.4, 0.5) is 0 Å². The molecule has 0 spiro atoms. The van der Waals surface area contributed by atoms with Gasteiger partial charge < -0.3 is 4.98 Å². The molecular formula is C15H14N2. The molecule has 17 heavy (non-hydrogen) atoms. The van der Waals surface area contributed by atoms with Crippen LogP contribution < -0.4 is 0 Å². The lowest BCUT2D eigenvalue weighted by atomic mass is 10.2. The van der Waals surface area contributed by atoms with Gasteiger partial charge in [0.15, 0.2) is 0 Å². The molecule has 2 heterocycles. The summed E-state index contributed by atoms with van der Waals surface area (Å²) in [6, 6.07) is 8.40. The van der Waals surface area contributed by atoms with Crippen molar-refractivity contribution in [2.75, 3.05) is 0 Å². The number of nitrogens with zero attached hydrogens (tertiary/aromatic N) is 1. The molecule has 0 amide bonds. The third kappa shape index (κ3) is 1.15. The lowest BCUT2D eigenvalue weighted by molar-refractivity contribution is 1.25. The van der Waals surface area contributed by atoms with Crippen LogP contribution in [0.1, 0.15) is 17.0 Å². The molecule has 0 unspecified atom stereocenters. The first kappa shape index (κ1) is 9.97. The van der Waals surface area contributed by atoms with Crippen molar-refractivity contribution in [3.05, 3.63) is 54.4 Å². The minimum absolute atomic E-state index is 1.02. The van der Waals surface area contributed by atoms with Gasteiger partial charge in [0.2, 0.25) is 0 Å². The second-order valence-electron chi connectivity index (χ2n) is 4.16. The van der Waals surface area contributed by atoms with Gasteiger partial charge in [0.05, 0.1) is 16.9 Å².